The largest absolute Gasteiger partial charge is 0.465 e. The monoisotopic (exact) mass is 357 g/mol. The molecule has 116 valence electrons. The number of halogens is 1. The number of amides is 1. The summed E-state index contributed by atoms with van der Waals surface area (Å²) in [5, 5.41) is 11.2. The molecular weight excluding hydrogens is 346 g/mol. The predicted octanol–water partition coefficient (Wildman–Crippen LogP) is 3.10. The number of nitrogens with one attached hydrogen (secondary N) is 1. The lowest BCUT2D eigenvalue weighted by atomic mass is 10.2. The van der Waals surface area contributed by atoms with Crippen LogP contribution in [0.5, 0.6) is 0 Å². The number of carbonyl (C=O) groups is 2. The Morgan fingerprint density at radius 2 is 2.23 bits per heavy atom. The Morgan fingerprint density at radius 3 is 2.95 bits per heavy atom. The minimum absolute atomic E-state index is 0.157. The zero-order chi connectivity index (χ0) is 15.9. The number of hydrogen-bond donors (Lipinski definition) is 1. The number of benzene rings is 1. The molecule has 0 saturated heterocycles. The number of hydrogen-bond acceptors (Lipinski definition) is 7. The number of carbonyl (C=O) groups excluding carboxylic acids is 2. The molecule has 9 heteroatoms. The quantitative estimate of drug-likeness (QED) is 0.486. The molecule has 2 rings (SSSR count). The van der Waals surface area contributed by atoms with E-state index in [1.165, 1.54) is 23.1 Å². The molecule has 0 aliphatic rings. The van der Waals surface area contributed by atoms with Crippen molar-refractivity contribution in [1.82, 2.24) is 10.2 Å². The fraction of sp³-hybridized carbons (Fsp3) is 0.231. The summed E-state index contributed by atoms with van der Waals surface area (Å²) in [5.74, 6) is -0.474. The highest BCUT2D eigenvalue weighted by atomic mass is 35.5. The van der Waals surface area contributed by atoms with Gasteiger partial charge in [0.05, 0.1) is 12.4 Å². The smallest absolute Gasteiger partial charge is 0.316 e. The van der Waals surface area contributed by atoms with Crippen LogP contribution in [0, 0.1) is 0 Å². The average molecular weight is 358 g/mol. The van der Waals surface area contributed by atoms with E-state index >= 15 is 0 Å². The van der Waals surface area contributed by atoms with Gasteiger partial charge in [0.25, 0.3) is 5.91 Å². The van der Waals surface area contributed by atoms with Crippen LogP contribution in [0.4, 0.5) is 5.13 Å². The first-order valence-corrected chi connectivity index (χ1v) is 8.45. The van der Waals surface area contributed by atoms with Gasteiger partial charge in [-0.25, -0.2) is 0 Å². The third-order valence-corrected chi connectivity index (χ3v) is 4.51. The maximum atomic E-state index is 12.0. The van der Waals surface area contributed by atoms with E-state index in [1.807, 2.05) is 0 Å². The molecule has 0 radical (unpaired) electrons. The normalized spacial score (nSPS) is 10.3. The lowest BCUT2D eigenvalue weighted by molar-refractivity contribution is -0.139. The number of thioether (sulfide) groups is 1. The SMILES string of the molecule is CCOC(=O)CSc1nnc(NC(=O)c2cccc(Cl)c2)s1. The Hall–Kier alpha value is -1.64. The summed E-state index contributed by atoms with van der Waals surface area (Å²) in [4.78, 5) is 23.3. The molecule has 0 bridgehead atoms. The van der Waals surface area contributed by atoms with Crippen molar-refractivity contribution in [2.75, 3.05) is 17.7 Å². The van der Waals surface area contributed by atoms with Crippen LogP contribution in [0.25, 0.3) is 0 Å². The topological polar surface area (TPSA) is 81.2 Å². The van der Waals surface area contributed by atoms with Gasteiger partial charge in [0.1, 0.15) is 0 Å². The summed E-state index contributed by atoms with van der Waals surface area (Å²) in [5.41, 5.74) is 0.434. The Balaban J connectivity index is 1.91. The Labute approximate surface area is 140 Å². The molecule has 0 unspecified atom stereocenters. The molecule has 2 aromatic rings. The molecule has 1 heterocycles. The van der Waals surface area contributed by atoms with Crippen molar-refractivity contribution in [3.8, 4) is 0 Å². The van der Waals surface area contributed by atoms with Gasteiger partial charge >= 0.3 is 5.97 Å². The Bertz CT molecular complexity index is 678. The molecule has 1 aromatic carbocycles. The maximum absolute atomic E-state index is 12.0. The number of aromatic nitrogens is 2. The van der Waals surface area contributed by atoms with Crippen molar-refractivity contribution in [3.05, 3.63) is 34.9 Å². The molecule has 6 nitrogen and oxygen atoms in total. The van der Waals surface area contributed by atoms with Gasteiger partial charge in [0, 0.05) is 10.6 Å². The molecule has 22 heavy (non-hydrogen) atoms. The molecule has 1 N–H and O–H groups in total. The Kier molecular flexibility index (Phi) is 6.17. The fourth-order valence-electron chi connectivity index (χ4n) is 1.44. The number of nitrogens with zero attached hydrogens (tertiary/aromatic N) is 2. The minimum Gasteiger partial charge on any atom is -0.465 e. The van der Waals surface area contributed by atoms with Crippen LogP contribution in [0.1, 0.15) is 17.3 Å². The van der Waals surface area contributed by atoms with Gasteiger partial charge in [-0.05, 0) is 25.1 Å². The number of rotatable bonds is 6. The summed E-state index contributed by atoms with van der Waals surface area (Å²) >= 11 is 8.24. The van der Waals surface area contributed by atoms with Crippen LogP contribution in [0.15, 0.2) is 28.6 Å². The van der Waals surface area contributed by atoms with Gasteiger partial charge in [-0.3, -0.25) is 14.9 Å². The molecule has 0 spiro atoms. The molecule has 0 fully saturated rings. The first-order valence-electron chi connectivity index (χ1n) is 6.27. The first kappa shape index (κ1) is 16.7. The van der Waals surface area contributed by atoms with Gasteiger partial charge in [0.2, 0.25) is 5.13 Å². The van der Waals surface area contributed by atoms with E-state index in [9.17, 15) is 9.59 Å². The van der Waals surface area contributed by atoms with E-state index < -0.39 is 0 Å². The van der Waals surface area contributed by atoms with Crippen molar-refractivity contribution in [2.24, 2.45) is 0 Å². The van der Waals surface area contributed by atoms with Crippen LogP contribution < -0.4 is 5.32 Å². The number of anilines is 1. The van der Waals surface area contributed by atoms with Crippen molar-refractivity contribution in [2.45, 2.75) is 11.3 Å². The predicted molar refractivity (Wildman–Crippen MR) is 86.7 cm³/mol. The van der Waals surface area contributed by atoms with Crippen LogP contribution in [-0.4, -0.2) is 34.4 Å². The number of ether oxygens (including phenoxy) is 1. The molecule has 1 aromatic heterocycles. The second kappa shape index (κ2) is 8.11. The van der Waals surface area contributed by atoms with Gasteiger partial charge in [0.15, 0.2) is 4.34 Å². The van der Waals surface area contributed by atoms with E-state index in [-0.39, 0.29) is 17.6 Å². The highest BCUT2D eigenvalue weighted by Crippen LogP contribution is 2.26. The van der Waals surface area contributed by atoms with Crippen molar-refractivity contribution in [3.63, 3.8) is 0 Å². The van der Waals surface area contributed by atoms with E-state index in [2.05, 4.69) is 15.5 Å². The highest BCUT2D eigenvalue weighted by molar-refractivity contribution is 8.01. The third-order valence-electron chi connectivity index (χ3n) is 2.33. The molecular formula is C13H12ClN3O3S2. The standard InChI is InChI=1S/C13H12ClN3O3S2/c1-2-20-10(18)7-21-13-17-16-12(22-13)15-11(19)8-4-3-5-9(14)6-8/h3-6H,2,7H2,1H3,(H,15,16,19). The summed E-state index contributed by atoms with van der Waals surface area (Å²) < 4.78 is 5.40. The van der Waals surface area contributed by atoms with Crippen LogP contribution >= 0.6 is 34.7 Å². The molecule has 0 aliphatic heterocycles. The van der Waals surface area contributed by atoms with E-state index in [0.29, 0.717) is 26.7 Å². The first-order chi connectivity index (χ1) is 10.6. The molecule has 0 aliphatic carbocycles. The highest BCUT2D eigenvalue weighted by Gasteiger charge is 2.12. The summed E-state index contributed by atoms with van der Waals surface area (Å²) in [6, 6.07) is 6.60. The van der Waals surface area contributed by atoms with E-state index in [1.54, 1.807) is 31.2 Å². The lowest BCUT2D eigenvalue weighted by Gasteiger charge is -2.01. The van der Waals surface area contributed by atoms with Crippen molar-refractivity contribution in [1.29, 1.82) is 0 Å². The van der Waals surface area contributed by atoms with Gasteiger partial charge in [-0.2, -0.15) is 0 Å². The van der Waals surface area contributed by atoms with Crippen LogP contribution in [-0.2, 0) is 9.53 Å². The molecule has 1 amide bonds. The summed E-state index contributed by atoms with van der Waals surface area (Å²) in [7, 11) is 0. The van der Waals surface area contributed by atoms with Crippen LogP contribution in [0.2, 0.25) is 5.02 Å². The van der Waals surface area contributed by atoms with Gasteiger partial charge in [-0.1, -0.05) is 40.8 Å². The molecule has 0 saturated carbocycles. The average Bonchev–Trinajstić information content (AvgIpc) is 2.93. The second-order valence-corrected chi connectivity index (χ2v) is 6.57. The van der Waals surface area contributed by atoms with Crippen LogP contribution in [0.3, 0.4) is 0 Å². The second-order valence-electron chi connectivity index (χ2n) is 3.93. The summed E-state index contributed by atoms with van der Waals surface area (Å²) in [6.07, 6.45) is 0. The number of esters is 1. The molecule has 0 atom stereocenters. The van der Waals surface area contributed by atoms with Crippen molar-refractivity contribution >= 4 is 51.7 Å². The van der Waals surface area contributed by atoms with E-state index in [4.69, 9.17) is 16.3 Å². The van der Waals surface area contributed by atoms with E-state index in [0.717, 1.165) is 0 Å². The minimum atomic E-state index is -0.319. The fourth-order valence-corrected chi connectivity index (χ4v) is 3.18. The van der Waals surface area contributed by atoms with Crippen molar-refractivity contribution < 1.29 is 14.3 Å². The zero-order valence-corrected chi connectivity index (χ0v) is 13.9. The Morgan fingerprint density at radius 1 is 1.41 bits per heavy atom. The summed E-state index contributed by atoms with van der Waals surface area (Å²) in [6.45, 7) is 2.09. The van der Waals surface area contributed by atoms with Gasteiger partial charge < -0.3 is 4.74 Å². The lowest BCUT2D eigenvalue weighted by Crippen LogP contribution is -2.11. The third kappa shape index (κ3) is 4.97. The van der Waals surface area contributed by atoms with Gasteiger partial charge in [-0.15, -0.1) is 10.2 Å². The zero-order valence-electron chi connectivity index (χ0n) is 11.5. The maximum Gasteiger partial charge on any atom is 0.316 e.